The van der Waals surface area contributed by atoms with E-state index in [1.807, 2.05) is 24.3 Å². The first-order valence-corrected chi connectivity index (χ1v) is 12.5. The maximum atomic E-state index is 12.6. The number of carbonyl (C=O) groups excluding carboxylic acids is 1. The Balaban J connectivity index is 1.08. The van der Waals surface area contributed by atoms with Crippen molar-refractivity contribution in [3.05, 3.63) is 54.0 Å². The molecule has 3 aliphatic heterocycles. The summed E-state index contributed by atoms with van der Waals surface area (Å²) in [6.45, 7) is 6.76. The van der Waals surface area contributed by atoms with Crippen LogP contribution >= 0.6 is 0 Å². The number of hydrogen-bond acceptors (Lipinski definition) is 7. The maximum absolute atomic E-state index is 12.6. The summed E-state index contributed by atoms with van der Waals surface area (Å²) >= 11 is 0. The molecule has 0 bridgehead atoms. The predicted octanol–water partition coefficient (Wildman–Crippen LogP) is 3.35. The van der Waals surface area contributed by atoms with Crippen molar-refractivity contribution in [2.75, 3.05) is 59.2 Å². The number of piperidine rings is 1. The second-order valence-electron chi connectivity index (χ2n) is 9.50. The van der Waals surface area contributed by atoms with Gasteiger partial charge in [0.05, 0.1) is 26.4 Å². The highest BCUT2D eigenvalue weighted by Crippen LogP contribution is 2.32. The first-order chi connectivity index (χ1) is 17.2. The van der Waals surface area contributed by atoms with Gasteiger partial charge in [-0.15, -0.1) is 0 Å². The van der Waals surface area contributed by atoms with Crippen LogP contribution in [0.3, 0.4) is 0 Å². The van der Waals surface area contributed by atoms with E-state index in [2.05, 4.69) is 22.0 Å². The van der Waals surface area contributed by atoms with Crippen molar-refractivity contribution < 1.29 is 23.4 Å². The number of pyridine rings is 1. The van der Waals surface area contributed by atoms with E-state index >= 15 is 0 Å². The second-order valence-corrected chi connectivity index (χ2v) is 9.50. The molecule has 3 saturated heterocycles. The van der Waals surface area contributed by atoms with Crippen LogP contribution in [0.1, 0.15) is 29.1 Å². The Bertz CT molecular complexity index is 1170. The minimum absolute atomic E-state index is 0.0399. The summed E-state index contributed by atoms with van der Waals surface area (Å²) in [4.78, 5) is 21.3. The van der Waals surface area contributed by atoms with Crippen LogP contribution in [-0.2, 0) is 20.6 Å². The Kier molecular flexibility index (Phi) is 6.28. The average Bonchev–Trinajstić information content (AvgIpc) is 3.55. The first-order valence-electron chi connectivity index (χ1n) is 12.5. The van der Waals surface area contributed by atoms with Gasteiger partial charge in [0, 0.05) is 69.1 Å². The topological polar surface area (TPSA) is 77.3 Å². The molecule has 0 aliphatic carbocycles. The first kappa shape index (κ1) is 22.7. The minimum atomic E-state index is -0.324. The molecule has 3 aliphatic rings. The molecule has 0 atom stereocenters. The third-order valence-corrected chi connectivity index (χ3v) is 7.29. The van der Waals surface area contributed by atoms with Gasteiger partial charge in [0.15, 0.2) is 5.79 Å². The lowest BCUT2D eigenvalue weighted by Crippen LogP contribution is -2.45. The Morgan fingerprint density at radius 3 is 2.43 bits per heavy atom. The van der Waals surface area contributed by atoms with E-state index in [0.29, 0.717) is 45.2 Å². The quantitative estimate of drug-likeness (QED) is 0.558. The molecule has 1 spiro atoms. The Hall–Kier alpha value is -2.78. The highest BCUT2D eigenvalue weighted by Gasteiger charge is 2.39. The molecule has 0 radical (unpaired) electrons. The van der Waals surface area contributed by atoms with E-state index < -0.39 is 0 Å². The summed E-state index contributed by atoms with van der Waals surface area (Å²) in [6, 6.07) is 12.1. The van der Waals surface area contributed by atoms with Gasteiger partial charge in [-0.2, -0.15) is 0 Å². The van der Waals surface area contributed by atoms with Crippen LogP contribution in [0.5, 0.6) is 0 Å². The Morgan fingerprint density at radius 2 is 1.69 bits per heavy atom. The molecule has 8 heteroatoms. The summed E-state index contributed by atoms with van der Waals surface area (Å²) < 4.78 is 23.1. The van der Waals surface area contributed by atoms with Gasteiger partial charge in [-0.05, 0) is 29.8 Å². The van der Waals surface area contributed by atoms with Crippen molar-refractivity contribution in [3.63, 3.8) is 0 Å². The highest BCUT2D eigenvalue weighted by atomic mass is 16.7. The number of ether oxygens (including phenoxy) is 3. The van der Waals surface area contributed by atoms with Crippen molar-refractivity contribution in [3.8, 4) is 11.1 Å². The van der Waals surface area contributed by atoms with Crippen LogP contribution in [-0.4, -0.2) is 85.6 Å². The molecule has 5 heterocycles. The van der Waals surface area contributed by atoms with E-state index in [-0.39, 0.29) is 11.7 Å². The smallest absolute Gasteiger partial charge is 0.272 e. The normalized spacial score (nSPS) is 20.6. The zero-order chi connectivity index (χ0) is 23.7. The van der Waals surface area contributed by atoms with Crippen LogP contribution in [0.15, 0.2) is 47.0 Å². The van der Waals surface area contributed by atoms with Gasteiger partial charge in [-0.25, -0.2) is 0 Å². The zero-order valence-corrected chi connectivity index (χ0v) is 19.9. The number of fused-ring (bicyclic) bond motifs is 1. The largest absolute Gasteiger partial charge is 0.461 e. The number of likely N-dealkylation sites (tertiary alicyclic amines) is 1. The highest BCUT2D eigenvalue weighted by molar-refractivity contribution is 5.93. The Morgan fingerprint density at radius 1 is 0.914 bits per heavy atom. The van der Waals surface area contributed by atoms with Gasteiger partial charge in [0.25, 0.3) is 5.91 Å². The van der Waals surface area contributed by atoms with E-state index in [1.165, 1.54) is 0 Å². The van der Waals surface area contributed by atoms with E-state index in [0.717, 1.165) is 66.8 Å². The second kappa shape index (κ2) is 9.70. The van der Waals surface area contributed by atoms with E-state index in [1.54, 1.807) is 11.1 Å². The number of benzene rings is 1. The number of furan rings is 1. The van der Waals surface area contributed by atoms with Crippen LogP contribution in [0, 0.1) is 0 Å². The predicted molar refractivity (Wildman–Crippen MR) is 130 cm³/mol. The van der Waals surface area contributed by atoms with E-state index in [9.17, 15) is 4.79 Å². The van der Waals surface area contributed by atoms with Crippen molar-refractivity contribution in [1.82, 2.24) is 14.8 Å². The molecule has 0 unspecified atom stereocenters. The van der Waals surface area contributed by atoms with Crippen LogP contribution in [0.4, 0.5) is 0 Å². The maximum Gasteiger partial charge on any atom is 0.272 e. The fourth-order valence-corrected chi connectivity index (χ4v) is 5.19. The number of rotatable bonds is 5. The van der Waals surface area contributed by atoms with Crippen molar-refractivity contribution in [2.24, 2.45) is 0 Å². The summed E-state index contributed by atoms with van der Waals surface area (Å²) in [6.07, 6.45) is 4.51. The summed E-state index contributed by atoms with van der Waals surface area (Å²) in [5.41, 5.74) is 3.39. The molecule has 3 aromatic rings. The molecule has 184 valence electrons. The molecule has 35 heavy (non-hydrogen) atoms. The SMILES string of the molecule is O=C(c1ccc(-c2ccc3oc(CCN4CCC5(CC4)OCCO5)cc3c2)cn1)N1CCOCC1. The molecule has 1 aromatic carbocycles. The van der Waals surface area contributed by atoms with Gasteiger partial charge < -0.3 is 28.4 Å². The lowest BCUT2D eigenvalue weighted by Gasteiger charge is -2.37. The number of amides is 1. The lowest BCUT2D eigenvalue weighted by atomic mass is 10.0. The average molecular weight is 478 g/mol. The van der Waals surface area contributed by atoms with Gasteiger partial charge >= 0.3 is 0 Å². The van der Waals surface area contributed by atoms with Crippen molar-refractivity contribution in [2.45, 2.75) is 25.0 Å². The number of hydrogen-bond donors (Lipinski definition) is 0. The molecule has 3 fully saturated rings. The van der Waals surface area contributed by atoms with Crippen molar-refractivity contribution >= 4 is 16.9 Å². The summed E-state index contributed by atoms with van der Waals surface area (Å²) in [5, 5.41) is 1.08. The van der Waals surface area contributed by atoms with Gasteiger partial charge in [-0.1, -0.05) is 12.1 Å². The van der Waals surface area contributed by atoms with Gasteiger partial charge in [-0.3, -0.25) is 9.78 Å². The fraction of sp³-hybridized carbons (Fsp3) is 0.481. The number of nitrogens with zero attached hydrogens (tertiary/aromatic N) is 3. The van der Waals surface area contributed by atoms with Gasteiger partial charge in [0.2, 0.25) is 0 Å². The fourth-order valence-electron chi connectivity index (χ4n) is 5.19. The monoisotopic (exact) mass is 477 g/mol. The summed E-state index contributed by atoms with van der Waals surface area (Å²) in [7, 11) is 0. The molecule has 1 amide bonds. The Labute approximate surface area is 204 Å². The summed E-state index contributed by atoms with van der Waals surface area (Å²) in [5.74, 6) is 0.632. The molecular formula is C27H31N3O5. The number of morpholine rings is 1. The zero-order valence-electron chi connectivity index (χ0n) is 19.9. The number of aromatic nitrogens is 1. The molecule has 6 rings (SSSR count). The molecular weight excluding hydrogens is 446 g/mol. The standard InChI is InChI=1S/C27H31N3O5/c31-26(30-11-13-32-14-12-30)24-3-1-21(19-28-24)20-2-4-25-22(17-20)18-23(35-25)5-8-29-9-6-27(7-10-29)33-15-16-34-27/h1-4,17-19H,5-16H2. The van der Waals surface area contributed by atoms with Crippen LogP contribution in [0.25, 0.3) is 22.1 Å². The molecule has 0 saturated carbocycles. The molecule has 0 N–H and O–H groups in total. The van der Waals surface area contributed by atoms with Crippen LogP contribution < -0.4 is 0 Å². The van der Waals surface area contributed by atoms with Gasteiger partial charge in [0.1, 0.15) is 17.0 Å². The number of carbonyl (C=O) groups is 1. The van der Waals surface area contributed by atoms with E-state index in [4.69, 9.17) is 18.6 Å². The van der Waals surface area contributed by atoms with Crippen molar-refractivity contribution in [1.29, 1.82) is 0 Å². The lowest BCUT2D eigenvalue weighted by molar-refractivity contribution is -0.185. The third-order valence-electron chi connectivity index (χ3n) is 7.29. The molecule has 2 aromatic heterocycles. The minimum Gasteiger partial charge on any atom is -0.461 e. The third kappa shape index (κ3) is 4.84. The van der Waals surface area contributed by atoms with Crippen LogP contribution in [0.2, 0.25) is 0 Å². The molecule has 8 nitrogen and oxygen atoms in total.